The van der Waals surface area contributed by atoms with Gasteiger partial charge in [0.2, 0.25) is 0 Å². The molecule has 184 valence electrons. The molecule has 3 aromatic carbocycles. The highest BCUT2D eigenvalue weighted by atomic mass is 16.5. The molecule has 9 heteroatoms. The summed E-state index contributed by atoms with van der Waals surface area (Å²) in [6.45, 7) is 2.80. The van der Waals surface area contributed by atoms with Gasteiger partial charge >= 0.3 is 11.7 Å². The molecule has 4 aromatic rings. The molecule has 0 saturated heterocycles. The number of aromatic nitrogens is 2. The molecule has 0 atom stereocenters. The van der Waals surface area contributed by atoms with E-state index in [1.165, 1.54) is 4.57 Å². The van der Waals surface area contributed by atoms with Crippen LogP contribution < -0.4 is 21.3 Å². The molecule has 36 heavy (non-hydrogen) atoms. The Balaban J connectivity index is 1.43. The number of carbonyl (C=O) groups is 2. The van der Waals surface area contributed by atoms with Crippen molar-refractivity contribution in [1.82, 2.24) is 9.13 Å². The second-order valence-corrected chi connectivity index (χ2v) is 8.06. The van der Waals surface area contributed by atoms with Crippen LogP contribution in [-0.2, 0) is 27.4 Å². The number of ether oxygens (including phenoxy) is 2. The van der Waals surface area contributed by atoms with E-state index in [9.17, 15) is 19.2 Å². The zero-order valence-corrected chi connectivity index (χ0v) is 19.9. The molecular weight excluding hydrogens is 462 g/mol. The molecule has 0 bridgehead atoms. The van der Waals surface area contributed by atoms with Gasteiger partial charge in [0.05, 0.1) is 16.6 Å². The van der Waals surface area contributed by atoms with E-state index in [1.807, 2.05) is 31.2 Å². The van der Waals surface area contributed by atoms with E-state index in [0.29, 0.717) is 28.1 Å². The predicted molar refractivity (Wildman–Crippen MR) is 135 cm³/mol. The third kappa shape index (κ3) is 5.35. The Hall–Kier alpha value is -4.66. The minimum absolute atomic E-state index is 0.157. The van der Waals surface area contributed by atoms with Crippen LogP contribution in [-0.4, -0.2) is 27.6 Å². The van der Waals surface area contributed by atoms with Gasteiger partial charge in [0.15, 0.2) is 12.4 Å². The second-order valence-electron chi connectivity index (χ2n) is 8.06. The summed E-state index contributed by atoms with van der Waals surface area (Å²) < 4.78 is 13.2. The van der Waals surface area contributed by atoms with Gasteiger partial charge in [-0.05, 0) is 50.2 Å². The lowest BCUT2D eigenvalue weighted by molar-refractivity contribution is -0.147. The SMILES string of the molecule is CCn1c(=O)c2ccccc2n(CC(=O)OCC(=O)Nc2ccccc2Oc2ccc(C)cc2)c1=O. The highest BCUT2D eigenvalue weighted by Crippen LogP contribution is 2.29. The maximum absolute atomic E-state index is 12.8. The van der Waals surface area contributed by atoms with E-state index in [0.717, 1.165) is 10.1 Å². The number of esters is 1. The van der Waals surface area contributed by atoms with E-state index in [2.05, 4.69) is 5.32 Å². The standard InChI is InChI=1S/C27H25N3O6/c1-3-29-26(33)20-8-4-6-10-22(20)30(27(29)34)16-25(32)35-17-24(31)28-21-9-5-7-11-23(21)36-19-14-12-18(2)13-15-19/h4-15H,3,16-17H2,1-2H3,(H,28,31). The van der Waals surface area contributed by atoms with E-state index in [4.69, 9.17) is 9.47 Å². The minimum atomic E-state index is -0.789. The Morgan fingerprint density at radius 3 is 2.33 bits per heavy atom. The molecule has 0 fully saturated rings. The maximum Gasteiger partial charge on any atom is 0.332 e. The van der Waals surface area contributed by atoms with Gasteiger partial charge in [0, 0.05) is 6.54 Å². The van der Waals surface area contributed by atoms with Gasteiger partial charge in [-0.15, -0.1) is 0 Å². The van der Waals surface area contributed by atoms with Gasteiger partial charge in [0.25, 0.3) is 11.5 Å². The molecule has 0 saturated carbocycles. The highest BCUT2D eigenvalue weighted by Gasteiger charge is 2.16. The van der Waals surface area contributed by atoms with Gasteiger partial charge in [0.1, 0.15) is 12.3 Å². The lowest BCUT2D eigenvalue weighted by Gasteiger charge is -2.14. The summed E-state index contributed by atoms with van der Waals surface area (Å²) >= 11 is 0. The zero-order valence-electron chi connectivity index (χ0n) is 19.9. The molecular formula is C27H25N3O6. The van der Waals surface area contributed by atoms with Crippen LogP contribution in [0.1, 0.15) is 12.5 Å². The van der Waals surface area contributed by atoms with Crippen LogP contribution in [0.5, 0.6) is 11.5 Å². The summed E-state index contributed by atoms with van der Waals surface area (Å²) in [6.07, 6.45) is 0. The van der Waals surface area contributed by atoms with Gasteiger partial charge < -0.3 is 14.8 Å². The van der Waals surface area contributed by atoms with Crippen molar-refractivity contribution in [3.8, 4) is 11.5 Å². The number of aryl methyl sites for hydroxylation is 1. The fourth-order valence-electron chi connectivity index (χ4n) is 3.70. The molecule has 0 aliphatic heterocycles. The Morgan fingerprint density at radius 2 is 1.58 bits per heavy atom. The van der Waals surface area contributed by atoms with Crippen molar-refractivity contribution in [3.05, 3.63) is 99.2 Å². The first-order valence-electron chi connectivity index (χ1n) is 11.4. The fourth-order valence-corrected chi connectivity index (χ4v) is 3.70. The molecule has 1 N–H and O–H groups in total. The van der Waals surface area contributed by atoms with Crippen molar-refractivity contribution in [2.24, 2.45) is 0 Å². The minimum Gasteiger partial charge on any atom is -0.455 e. The molecule has 1 aromatic heterocycles. The van der Waals surface area contributed by atoms with Gasteiger partial charge in [-0.25, -0.2) is 4.79 Å². The predicted octanol–water partition coefficient (Wildman–Crippen LogP) is 3.47. The van der Waals surface area contributed by atoms with Crippen LogP contribution in [0.4, 0.5) is 5.69 Å². The topological polar surface area (TPSA) is 109 Å². The van der Waals surface area contributed by atoms with Crippen molar-refractivity contribution in [1.29, 1.82) is 0 Å². The van der Waals surface area contributed by atoms with Crippen molar-refractivity contribution in [3.63, 3.8) is 0 Å². The normalized spacial score (nSPS) is 10.7. The first-order chi connectivity index (χ1) is 17.4. The van der Waals surface area contributed by atoms with Crippen molar-refractivity contribution < 1.29 is 19.1 Å². The average Bonchev–Trinajstić information content (AvgIpc) is 2.88. The third-order valence-electron chi connectivity index (χ3n) is 5.51. The van der Waals surface area contributed by atoms with E-state index < -0.39 is 36.3 Å². The molecule has 0 spiro atoms. The van der Waals surface area contributed by atoms with E-state index in [-0.39, 0.29) is 6.54 Å². The smallest absolute Gasteiger partial charge is 0.332 e. The number of para-hydroxylation sites is 3. The Kier molecular flexibility index (Phi) is 7.29. The number of amides is 1. The maximum atomic E-state index is 12.8. The van der Waals surface area contributed by atoms with Crippen molar-refractivity contribution >= 4 is 28.5 Å². The summed E-state index contributed by atoms with van der Waals surface area (Å²) in [6, 6.07) is 20.9. The summed E-state index contributed by atoms with van der Waals surface area (Å²) in [7, 11) is 0. The summed E-state index contributed by atoms with van der Waals surface area (Å²) in [5, 5.41) is 2.99. The molecule has 4 rings (SSSR count). The largest absolute Gasteiger partial charge is 0.455 e. The van der Waals surface area contributed by atoms with E-state index in [1.54, 1.807) is 55.5 Å². The number of fused-ring (bicyclic) bond motifs is 1. The van der Waals surface area contributed by atoms with Crippen LogP contribution in [0, 0.1) is 6.92 Å². The van der Waals surface area contributed by atoms with E-state index >= 15 is 0 Å². The first kappa shape index (κ1) is 24.5. The number of benzene rings is 3. The Labute approximate surface area is 206 Å². The number of carbonyl (C=O) groups excluding carboxylic acids is 2. The number of nitrogens with zero attached hydrogens (tertiary/aromatic N) is 2. The first-order valence-corrected chi connectivity index (χ1v) is 11.4. The summed E-state index contributed by atoms with van der Waals surface area (Å²) in [5.41, 5.74) is 0.782. The monoisotopic (exact) mass is 487 g/mol. The average molecular weight is 488 g/mol. The number of hydrogen-bond acceptors (Lipinski definition) is 6. The number of hydrogen-bond donors (Lipinski definition) is 1. The summed E-state index contributed by atoms with van der Waals surface area (Å²) in [4.78, 5) is 50.3. The van der Waals surface area contributed by atoms with Gasteiger partial charge in [-0.2, -0.15) is 0 Å². The highest BCUT2D eigenvalue weighted by molar-refractivity contribution is 5.94. The number of nitrogens with one attached hydrogen (secondary N) is 1. The fraction of sp³-hybridized carbons (Fsp3) is 0.185. The number of anilines is 1. The van der Waals surface area contributed by atoms with Crippen LogP contribution in [0.15, 0.2) is 82.4 Å². The lowest BCUT2D eigenvalue weighted by Crippen LogP contribution is -2.41. The number of rotatable bonds is 8. The Bertz CT molecular complexity index is 1540. The summed E-state index contributed by atoms with van der Waals surface area (Å²) in [5.74, 6) is -0.317. The van der Waals surface area contributed by atoms with Crippen LogP contribution in [0.3, 0.4) is 0 Å². The lowest BCUT2D eigenvalue weighted by atomic mass is 10.2. The van der Waals surface area contributed by atoms with Gasteiger partial charge in [-0.1, -0.05) is 42.0 Å². The van der Waals surface area contributed by atoms with Crippen molar-refractivity contribution in [2.75, 3.05) is 11.9 Å². The Morgan fingerprint density at radius 1 is 0.889 bits per heavy atom. The molecule has 0 unspecified atom stereocenters. The van der Waals surface area contributed by atoms with Crippen molar-refractivity contribution in [2.45, 2.75) is 26.9 Å². The zero-order chi connectivity index (χ0) is 25.7. The van der Waals surface area contributed by atoms with Crippen LogP contribution in [0.2, 0.25) is 0 Å². The molecule has 1 heterocycles. The quantitative estimate of drug-likeness (QED) is 0.381. The third-order valence-corrected chi connectivity index (χ3v) is 5.51. The molecule has 0 radical (unpaired) electrons. The van der Waals surface area contributed by atoms with Gasteiger partial charge in [-0.3, -0.25) is 23.5 Å². The molecule has 0 aliphatic rings. The van der Waals surface area contributed by atoms with Crippen LogP contribution >= 0.6 is 0 Å². The molecule has 9 nitrogen and oxygen atoms in total. The van der Waals surface area contributed by atoms with Crippen LogP contribution in [0.25, 0.3) is 10.9 Å². The second kappa shape index (κ2) is 10.7. The molecule has 0 aliphatic carbocycles. The molecule has 1 amide bonds.